The minimum atomic E-state index is -0.677. The zero-order valence-electron chi connectivity index (χ0n) is 18.1. The Hall–Kier alpha value is -3.30. The van der Waals surface area contributed by atoms with Crippen LogP contribution in [0.15, 0.2) is 59.3 Å². The number of ether oxygens (including phenoxy) is 1. The number of nitrogens with zero attached hydrogens (tertiary/aromatic N) is 4. The van der Waals surface area contributed by atoms with Crippen molar-refractivity contribution in [2.75, 3.05) is 32.5 Å². The second-order valence-electron chi connectivity index (χ2n) is 7.76. The van der Waals surface area contributed by atoms with Gasteiger partial charge in [-0.2, -0.15) is 0 Å². The number of nitrogens with two attached hydrogens (primary N) is 1. The molecule has 2 heterocycles. The van der Waals surface area contributed by atoms with Gasteiger partial charge in [0.15, 0.2) is 0 Å². The fourth-order valence-electron chi connectivity index (χ4n) is 3.86. The van der Waals surface area contributed by atoms with Crippen molar-refractivity contribution >= 4 is 50.5 Å². The summed E-state index contributed by atoms with van der Waals surface area (Å²) < 4.78 is 6.24. The van der Waals surface area contributed by atoms with E-state index in [1.165, 1.54) is 19.5 Å². The van der Waals surface area contributed by atoms with Gasteiger partial charge in [-0.1, -0.05) is 34.1 Å². The number of rotatable bonds is 6. The lowest BCUT2D eigenvalue weighted by molar-refractivity contribution is -0.152. The van der Waals surface area contributed by atoms with Gasteiger partial charge < -0.3 is 20.3 Å². The zero-order valence-corrected chi connectivity index (χ0v) is 19.7. The number of fused-ring (bicyclic) bond motifs is 1. The van der Waals surface area contributed by atoms with Crippen LogP contribution in [0.5, 0.6) is 0 Å². The van der Waals surface area contributed by atoms with Crippen molar-refractivity contribution in [1.82, 2.24) is 19.8 Å². The molecule has 0 bridgehead atoms. The van der Waals surface area contributed by atoms with Gasteiger partial charge in [-0.25, -0.2) is 9.97 Å². The van der Waals surface area contributed by atoms with E-state index >= 15 is 0 Å². The van der Waals surface area contributed by atoms with Gasteiger partial charge in [0.2, 0.25) is 11.8 Å². The molecule has 2 aromatic carbocycles. The number of amides is 2. The van der Waals surface area contributed by atoms with E-state index in [4.69, 9.17) is 10.5 Å². The molecule has 1 saturated heterocycles. The minimum Gasteiger partial charge on any atom is -0.383 e. The number of benzene rings is 2. The van der Waals surface area contributed by atoms with Gasteiger partial charge >= 0.3 is 0 Å². The van der Waals surface area contributed by atoms with Crippen LogP contribution in [0.3, 0.4) is 0 Å². The fourth-order valence-corrected chi connectivity index (χ4v) is 4.12. The molecule has 1 unspecified atom stereocenters. The largest absolute Gasteiger partial charge is 0.383 e. The van der Waals surface area contributed by atoms with Crippen LogP contribution in [0, 0.1) is 0 Å². The van der Waals surface area contributed by atoms with E-state index in [1.54, 1.807) is 15.9 Å². The molecule has 1 aliphatic heterocycles. The number of halogens is 1. The van der Waals surface area contributed by atoms with Crippen LogP contribution in [0.4, 0.5) is 5.82 Å². The normalized spacial score (nSPS) is 16.7. The number of aromatic nitrogens is 2. The van der Waals surface area contributed by atoms with Crippen LogP contribution in [-0.4, -0.2) is 64.4 Å². The zero-order chi connectivity index (χ0) is 23.4. The standard InChI is InChI=1S/C24H24BrN5O3/c1-33-14-21-24(32)29(13-17-4-8-19-20(12-17)27-15-28-23(19)26)10-11-30(21)22(31)9-5-16-2-6-18(25)7-3-16/h2-9,12,15,21H,10-11,13-14H2,1H3,(H2,26,27,28)/b9-5+. The molecule has 4 rings (SSSR count). The number of carbonyl (C=O) groups excluding carboxylic acids is 2. The Morgan fingerprint density at radius 2 is 2.00 bits per heavy atom. The smallest absolute Gasteiger partial charge is 0.248 e. The monoisotopic (exact) mass is 509 g/mol. The molecule has 3 aromatic rings. The Bertz CT molecular complexity index is 1200. The number of methoxy groups -OCH3 is 1. The van der Waals surface area contributed by atoms with Crippen molar-refractivity contribution in [3.8, 4) is 0 Å². The Morgan fingerprint density at radius 3 is 2.76 bits per heavy atom. The van der Waals surface area contributed by atoms with E-state index in [9.17, 15) is 9.59 Å². The molecule has 170 valence electrons. The number of hydrogen-bond donors (Lipinski definition) is 1. The molecule has 1 atom stereocenters. The molecule has 0 spiro atoms. The number of anilines is 1. The van der Waals surface area contributed by atoms with Gasteiger partial charge in [0, 0.05) is 42.7 Å². The lowest BCUT2D eigenvalue weighted by atomic mass is 10.1. The van der Waals surface area contributed by atoms with Gasteiger partial charge in [-0.15, -0.1) is 0 Å². The lowest BCUT2D eigenvalue weighted by Crippen LogP contribution is -2.59. The molecule has 0 radical (unpaired) electrons. The highest BCUT2D eigenvalue weighted by atomic mass is 79.9. The number of carbonyl (C=O) groups is 2. The first-order valence-electron chi connectivity index (χ1n) is 10.5. The summed E-state index contributed by atoms with van der Waals surface area (Å²) in [6.07, 6.45) is 4.67. The fraction of sp³-hybridized carbons (Fsp3) is 0.250. The molecular weight excluding hydrogens is 486 g/mol. The quantitative estimate of drug-likeness (QED) is 0.512. The molecule has 1 aromatic heterocycles. The van der Waals surface area contributed by atoms with E-state index in [-0.39, 0.29) is 18.4 Å². The SMILES string of the molecule is COCC1C(=O)N(Cc2ccc3c(N)ncnc3c2)CCN1C(=O)/C=C/c1ccc(Br)cc1. The topological polar surface area (TPSA) is 102 Å². The van der Waals surface area contributed by atoms with Crippen molar-refractivity contribution in [3.63, 3.8) is 0 Å². The summed E-state index contributed by atoms with van der Waals surface area (Å²) in [4.78, 5) is 37.7. The van der Waals surface area contributed by atoms with Crippen molar-refractivity contribution in [2.45, 2.75) is 12.6 Å². The summed E-state index contributed by atoms with van der Waals surface area (Å²) in [5.74, 6) is 0.0627. The number of hydrogen-bond acceptors (Lipinski definition) is 6. The molecule has 1 aliphatic rings. The second-order valence-corrected chi connectivity index (χ2v) is 8.67. The Labute approximate surface area is 200 Å². The van der Waals surface area contributed by atoms with Gasteiger partial charge in [0.1, 0.15) is 18.2 Å². The summed E-state index contributed by atoms with van der Waals surface area (Å²) in [7, 11) is 1.53. The molecule has 2 amide bonds. The third-order valence-corrected chi connectivity index (χ3v) is 6.11. The lowest BCUT2D eigenvalue weighted by Gasteiger charge is -2.40. The van der Waals surface area contributed by atoms with E-state index in [2.05, 4.69) is 25.9 Å². The number of nitrogen functional groups attached to an aromatic ring is 1. The first-order valence-corrected chi connectivity index (χ1v) is 11.3. The molecule has 8 nitrogen and oxygen atoms in total. The van der Waals surface area contributed by atoms with Crippen LogP contribution < -0.4 is 5.73 Å². The van der Waals surface area contributed by atoms with Crippen LogP contribution in [0.2, 0.25) is 0 Å². The van der Waals surface area contributed by atoms with Crippen molar-refractivity contribution < 1.29 is 14.3 Å². The van der Waals surface area contributed by atoms with E-state index in [1.807, 2.05) is 42.5 Å². The Morgan fingerprint density at radius 1 is 1.21 bits per heavy atom. The molecule has 9 heteroatoms. The first kappa shape index (κ1) is 22.9. The van der Waals surface area contributed by atoms with Gasteiger partial charge in [0.25, 0.3) is 0 Å². The summed E-state index contributed by atoms with van der Waals surface area (Å²) >= 11 is 3.40. The highest BCUT2D eigenvalue weighted by Gasteiger charge is 2.36. The maximum absolute atomic E-state index is 13.2. The average molecular weight is 510 g/mol. The summed E-state index contributed by atoms with van der Waals surface area (Å²) in [5.41, 5.74) is 8.46. The predicted molar refractivity (Wildman–Crippen MR) is 130 cm³/mol. The maximum Gasteiger partial charge on any atom is 0.248 e. The van der Waals surface area contributed by atoms with Crippen LogP contribution in [0.1, 0.15) is 11.1 Å². The molecule has 2 N–H and O–H groups in total. The molecule has 0 saturated carbocycles. The third kappa shape index (κ3) is 5.20. The van der Waals surface area contributed by atoms with Crippen molar-refractivity contribution in [2.24, 2.45) is 0 Å². The highest BCUT2D eigenvalue weighted by molar-refractivity contribution is 9.10. The molecular formula is C24H24BrN5O3. The van der Waals surface area contributed by atoms with Crippen LogP contribution in [0.25, 0.3) is 17.0 Å². The van der Waals surface area contributed by atoms with Crippen molar-refractivity contribution in [1.29, 1.82) is 0 Å². The predicted octanol–water partition coefficient (Wildman–Crippen LogP) is 2.87. The van der Waals surface area contributed by atoms with E-state index in [0.29, 0.717) is 25.5 Å². The third-order valence-electron chi connectivity index (χ3n) is 5.58. The second kappa shape index (κ2) is 10.1. The molecule has 1 fully saturated rings. The van der Waals surface area contributed by atoms with E-state index in [0.717, 1.165) is 26.5 Å². The summed E-state index contributed by atoms with van der Waals surface area (Å²) in [5, 5.41) is 0.776. The first-order chi connectivity index (χ1) is 16.0. The Kier molecular flexibility index (Phi) is 7.00. The van der Waals surface area contributed by atoms with Gasteiger partial charge in [-0.05, 0) is 41.5 Å². The van der Waals surface area contributed by atoms with Crippen LogP contribution in [-0.2, 0) is 20.9 Å². The van der Waals surface area contributed by atoms with E-state index < -0.39 is 6.04 Å². The number of piperazine rings is 1. The molecule has 33 heavy (non-hydrogen) atoms. The van der Waals surface area contributed by atoms with Gasteiger partial charge in [-0.3, -0.25) is 9.59 Å². The summed E-state index contributed by atoms with van der Waals surface area (Å²) in [6, 6.07) is 12.6. The van der Waals surface area contributed by atoms with Gasteiger partial charge in [0.05, 0.1) is 12.1 Å². The Balaban J connectivity index is 1.48. The molecule has 0 aliphatic carbocycles. The highest BCUT2D eigenvalue weighted by Crippen LogP contribution is 2.21. The van der Waals surface area contributed by atoms with Crippen LogP contribution >= 0.6 is 15.9 Å². The average Bonchev–Trinajstić information content (AvgIpc) is 2.81. The summed E-state index contributed by atoms with van der Waals surface area (Å²) in [6.45, 7) is 1.40. The van der Waals surface area contributed by atoms with Crippen molar-refractivity contribution in [3.05, 3.63) is 70.5 Å². The maximum atomic E-state index is 13.2. The minimum absolute atomic E-state index is 0.134.